The Labute approximate surface area is 107 Å². The zero-order valence-corrected chi connectivity index (χ0v) is 11.1. The molecule has 18 heavy (non-hydrogen) atoms. The smallest absolute Gasteiger partial charge is 0.303 e. The second-order valence-corrected chi connectivity index (χ2v) is 5.69. The van der Waals surface area contributed by atoms with E-state index in [0.717, 1.165) is 17.6 Å². The van der Waals surface area contributed by atoms with E-state index >= 15 is 0 Å². The van der Waals surface area contributed by atoms with Crippen LogP contribution in [0.4, 0.5) is 0 Å². The molecule has 3 heteroatoms. The fraction of sp³-hybridized carbons (Fsp3) is 0.400. The number of carbonyl (C=O) groups is 1. The number of H-pyrrole nitrogens is 1. The predicted molar refractivity (Wildman–Crippen MR) is 72.8 cm³/mol. The monoisotopic (exact) mass is 245 g/mol. The van der Waals surface area contributed by atoms with Crippen LogP contribution in [-0.2, 0) is 11.2 Å². The van der Waals surface area contributed by atoms with Crippen LogP contribution in [0.5, 0.6) is 0 Å². The van der Waals surface area contributed by atoms with Crippen LogP contribution in [0.15, 0.2) is 24.3 Å². The molecule has 96 valence electrons. The second kappa shape index (κ2) is 4.48. The first-order valence-electron chi connectivity index (χ1n) is 6.17. The molecular weight excluding hydrogens is 226 g/mol. The standard InChI is InChI=1S/C15H19NO2/c1-10-12(8-15(2,3)9-14(17)18)11-6-4-5-7-13(11)16-10/h4-7,16H,8-9H2,1-3H3,(H,17,18). The van der Waals surface area contributed by atoms with Gasteiger partial charge in [-0.3, -0.25) is 4.79 Å². The number of carboxylic acids is 1. The van der Waals surface area contributed by atoms with E-state index in [2.05, 4.69) is 17.1 Å². The van der Waals surface area contributed by atoms with E-state index in [9.17, 15) is 4.79 Å². The second-order valence-electron chi connectivity index (χ2n) is 5.69. The van der Waals surface area contributed by atoms with E-state index in [0.29, 0.717) is 0 Å². The van der Waals surface area contributed by atoms with Crippen LogP contribution < -0.4 is 0 Å². The van der Waals surface area contributed by atoms with Gasteiger partial charge in [0.15, 0.2) is 0 Å². The van der Waals surface area contributed by atoms with E-state index in [-0.39, 0.29) is 11.8 Å². The minimum Gasteiger partial charge on any atom is -0.481 e. The number of hydrogen-bond acceptors (Lipinski definition) is 1. The molecular formula is C15H19NO2. The van der Waals surface area contributed by atoms with Crippen molar-refractivity contribution in [3.05, 3.63) is 35.5 Å². The predicted octanol–water partition coefficient (Wildman–Crippen LogP) is 3.52. The summed E-state index contributed by atoms with van der Waals surface area (Å²) in [7, 11) is 0. The van der Waals surface area contributed by atoms with Gasteiger partial charge < -0.3 is 10.1 Å². The topological polar surface area (TPSA) is 53.1 Å². The summed E-state index contributed by atoms with van der Waals surface area (Å²) in [6, 6.07) is 8.16. The molecule has 0 unspecified atom stereocenters. The summed E-state index contributed by atoms with van der Waals surface area (Å²) < 4.78 is 0. The third-order valence-electron chi connectivity index (χ3n) is 3.31. The maximum absolute atomic E-state index is 10.9. The molecule has 1 heterocycles. The normalized spacial score (nSPS) is 11.9. The lowest BCUT2D eigenvalue weighted by atomic mass is 9.82. The summed E-state index contributed by atoms with van der Waals surface area (Å²) in [5.41, 5.74) is 3.25. The summed E-state index contributed by atoms with van der Waals surface area (Å²) in [5, 5.41) is 10.2. The average molecular weight is 245 g/mol. The Bertz CT molecular complexity index is 581. The van der Waals surface area contributed by atoms with Crippen molar-refractivity contribution in [3.8, 4) is 0 Å². The third kappa shape index (κ3) is 2.55. The number of rotatable bonds is 4. The highest BCUT2D eigenvalue weighted by Crippen LogP contribution is 2.31. The summed E-state index contributed by atoms with van der Waals surface area (Å²) in [4.78, 5) is 14.2. The lowest BCUT2D eigenvalue weighted by Crippen LogP contribution is -2.19. The van der Waals surface area contributed by atoms with Crippen LogP contribution in [0.25, 0.3) is 10.9 Å². The Morgan fingerprint density at radius 1 is 1.33 bits per heavy atom. The molecule has 2 N–H and O–H groups in total. The zero-order chi connectivity index (χ0) is 13.3. The van der Waals surface area contributed by atoms with Gasteiger partial charge in [-0.15, -0.1) is 0 Å². The van der Waals surface area contributed by atoms with Gasteiger partial charge in [-0.1, -0.05) is 32.0 Å². The van der Waals surface area contributed by atoms with Crippen LogP contribution >= 0.6 is 0 Å². The number of aromatic amines is 1. The van der Waals surface area contributed by atoms with Gasteiger partial charge in [0.05, 0.1) is 6.42 Å². The maximum atomic E-state index is 10.9. The molecule has 0 aliphatic carbocycles. The number of hydrogen-bond donors (Lipinski definition) is 2. The molecule has 0 spiro atoms. The molecule has 0 saturated heterocycles. The molecule has 0 saturated carbocycles. The van der Waals surface area contributed by atoms with E-state index in [4.69, 9.17) is 5.11 Å². The number of aliphatic carboxylic acids is 1. The quantitative estimate of drug-likeness (QED) is 0.865. The highest BCUT2D eigenvalue weighted by atomic mass is 16.4. The van der Waals surface area contributed by atoms with Gasteiger partial charge in [-0.25, -0.2) is 0 Å². The molecule has 0 fully saturated rings. The summed E-state index contributed by atoms with van der Waals surface area (Å²) in [5.74, 6) is -0.738. The average Bonchev–Trinajstić information content (AvgIpc) is 2.53. The highest BCUT2D eigenvalue weighted by molar-refractivity contribution is 5.84. The van der Waals surface area contributed by atoms with Gasteiger partial charge >= 0.3 is 5.97 Å². The minimum atomic E-state index is -0.738. The van der Waals surface area contributed by atoms with Gasteiger partial charge in [0.1, 0.15) is 0 Å². The van der Waals surface area contributed by atoms with Crippen molar-refractivity contribution in [1.29, 1.82) is 0 Å². The number of nitrogens with one attached hydrogen (secondary N) is 1. The SMILES string of the molecule is Cc1[nH]c2ccccc2c1CC(C)(C)CC(=O)O. The van der Waals surface area contributed by atoms with Gasteiger partial charge in [0.25, 0.3) is 0 Å². The molecule has 0 amide bonds. The molecule has 1 aromatic carbocycles. The lowest BCUT2D eigenvalue weighted by Gasteiger charge is -2.22. The first-order chi connectivity index (χ1) is 8.39. The van der Waals surface area contributed by atoms with Crippen LogP contribution in [0, 0.1) is 12.3 Å². The number of fused-ring (bicyclic) bond motifs is 1. The van der Waals surface area contributed by atoms with Crippen LogP contribution in [0.2, 0.25) is 0 Å². The fourth-order valence-electron chi connectivity index (χ4n) is 2.51. The number of aromatic nitrogens is 1. The fourth-order valence-corrected chi connectivity index (χ4v) is 2.51. The highest BCUT2D eigenvalue weighted by Gasteiger charge is 2.24. The molecule has 0 bridgehead atoms. The van der Waals surface area contributed by atoms with Crippen molar-refractivity contribution < 1.29 is 9.90 Å². The van der Waals surface area contributed by atoms with Crippen LogP contribution in [-0.4, -0.2) is 16.1 Å². The third-order valence-corrected chi connectivity index (χ3v) is 3.31. The van der Waals surface area contributed by atoms with Crippen molar-refractivity contribution in [1.82, 2.24) is 4.98 Å². The Hall–Kier alpha value is -1.77. The molecule has 0 atom stereocenters. The number of benzene rings is 1. The number of para-hydroxylation sites is 1. The first kappa shape index (κ1) is 12.7. The van der Waals surface area contributed by atoms with E-state index in [1.54, 1.807) is 0 Å². The molecule has 1 aromatic heterocycles. The molecule has 0 aliphatic heterocycles. The van der Waals surface area contributed by atoms with Crippen molar-refractivity contribution in [2.24, 2.45) is 5.41 Å². The van der Waals surface area contributed by atoms with Crippen LogP contribution in [0.1, 0.15) is 31.5 Å². The van der Waals surface area contributed by atoms with Crippen LogP contribution in [0.3, 0.4) is 0 Å². The van der Waals surface area contributed by atoms with Gasteiger partial charge in [0.2, 0.25) is 0 Å². The van der Waals surface area contributed by atoms with E-state index in [1.165, 1.54) is 10.9 Å². The summed E-state index contributed by atoms with van der Waals surface area (Å²) >= 11 is 0. The summed E-state index contributed by atoms with van der Waals surface area (Å²) in [6.07, 6.45) is 0.959. The van der Waals surface area contributed by atoms with E-state index in [1.807, 2.05) is 32.9 Å². The van der Waals surface area contributed by atoms with Gasteiger partial charge in [0, 0.05) is 16.6 Å². The van der Waals surface area contributed by atoms with Crippen molar-refractivity contribution >= 4 is 16.9 Å². The Morgan fingerprint density at radius 3 is 2.67 bits per heavy atom. The molecule has 3 nitrogen and oxygen atoms in total. The Balaban J connectivity index is 2.37. The lowest BCUT2D eigenvalue weighted by molar-refractivity contribution is -0.139. The van der Waals surface area contributed by atoms with Gasteiger partial charge in [-0.2, -0.15) is 0 Å². The molecule has 0 aliphatic rings. The molecule has 0 radical (unpaired) electrons. The number of aryl methyl sites for hydroxylation is 1. The largest absolute Gasteiger partial charge is 0.481 e. The zero-order valence-electron chi connectivity index (χ0n) is 11.1. The Kier molecular flexibility index (Phi) is 3.16. The van der Waals surface area contributed by atoms with Crippen molar-refractivity contribution in [2.75, 3.05) is 0 Å². The summed E-state index contributed by atoms with van der Waals surface area (Å²) in [6.45, 7) is 6.05. The first-order valence-corrected chi connectivity index (χ1v) is 6.17. The van der Waals surface area contributed by atoms with Crippen molar-refractivity contribution in [2.45, 2.75) is 33.6 Å². The Morgan fingerprint density at radius 2 is 2.00 bits per heavy atom. The van der Waals surface area contributed by atoms with E-state index < -0.39 is 5.97 Å². The van der Waals surface area contributed by atoms with Crippen molar-refractivity contribution in [3.63, 3.8) is 0 Å². The minimum absolute atomic E-state index is 0.186. The molecule has 2 rings (SSSR count). The number of carboxylic acid groups (broad SMARTS) is 1. The maximum Gasteiger partial charge on any atom is 0.303 e. The molecule has 2 aromatic rings. The van der Waals surface area contributed by atoms with Gasteiger partial charge in [-0.05, 0) is 30.4 Å².